The molecule has 0 fully saturated rings. The average Bonchev–Trinajstić information content (AvgIpc) is 2.47. The molecule has 0 radical (unpaired) electrons. The number of aliphatic hydroxyl groups is 1. The molecule has 2 rings (SSSR count). The first-order valence-corrected chi connectivity index (χ1v) is 7.11. The van der Waals surface area contributed by atoms with Crippen molar-refractivity contribution < 1.29 is 9.84 Å². The number of ether oxygens (including phenoxy) is 1. The van der Waals surface area contributed by atoms with Crippen LogP contribution >= 0.6 is 0 Å². The Bertz CT molecular complexity index is 515. The fourth-order valence-corrected chi connectivity index (χ4v) is 2.28. The summed E-state index contributed by atoms with van der Waals surface area (Å²) in [5.41, 5.74) is 1.33. The Balaban J connectivity index is 1.98. The Kier molecular flexibility index (Phi) is 4.80. The van der Waals surface area contributed by atoms with Crippen molar-refractivity contribution in [3.8, 4) is 5.75 Å². The van der Waals surface area contributed by atoms with Gasteiger partial charge in [-0.05, 0) is 36.6 Å². The molecule has 0 aliphatic heterocycles. The van der Waals surface area contributed by atoms with Crippen LogP contribution in [0.1, 0.15) is 37.8 Å². The van der Waals surface area contributed by atoms with Crippen LogP contribution in [0.2, 0.25) is 0 Å². The van der Waals surface area contributed by atoms with E-state index in [0.717, 1.165) is 29.7 Å². The van der Waals surface area contributed by atoms with Crippen LogP contribution in [0.3, 0.4) is 0 Å². The van der Waals surface area contributed by atoms with E-state index in [4.69, 9.17) is 4.74 Å². The smallest absolute Gasteiger partial charge is 0.119 e. The highest BCUT2D eigenvalue weighted by molar-refractivity contribution is 5.30. The third-order valence-corrected chi connectivity index (χ3v) is 3.46. The lowest BCUT2D eigenvalue weighted by molar-refractivity contribution is 0.0469. The fourth-order valence-electron chi connectivity index (χ4n) is 2.28. The van der Waals surface area contributed by atoms with Crippen LogP contribution < -0.4 is 4.74 Å². The Hall–Kier alpha value is -1.80. The molecule has 0 saturated heterocycles. The standard InChI is InChI=1S/C18H22O2/c1-3-13-18(2,19)16-9-11-17(12-10-16)20-14-15-7-5-4-6-8-15/h4-12,19H,3,13-14H2,1-2H3. The summed E-state index contributed by atoms with van der Waals surface area (Å²) in [6, 6.07) is 17.8. The molecule has 106 valence electrons. The van der Waals surface area contributed by atoms with Crippen LogP contribution in [0.5, 0.6) is 5.75 Å². The molecular formula is C18H22O2. The van der Waals surface area contributed by atoms with E-state index in [-0.39, 0.29) is 0 Å². The monoisotopic (exact) mass is 270 g/mol. The van der Waals surface area contributed by atoms with Crippen LogP contribution in [0.4, 0.5) is 0 Å². The second-order valence-electron chi connectivity index (χ2n) is 5.32. The predicted molar refractivity (Wildman–Crippen MR) is 81.7 cm³/mol. The van der Waals surface area contributed by atoms with Gasteiger partial charge >= 0.3 is 0 Å². The van der Waals surface area contributed by atoms with E-state index in [2.05, 4.69) is 6.92 Å². The van der Waals surface area contributed by atoms with Crippen molar-refractivity contribution in [1.82, 2.24) is 0 Å². The molecule has 2 aromatic carbocycles. The highest BCUT2D eigenvalue weighted by Gasteiger charge is 2.21. The average molecular weight is 270 g/mol. The van der Waals surface area contributed by atoms with E-state index >= 15 is 0 Å². The zero-order chi connectivity index (χ0) is 14.4. The first-order chi connectivity index (χ1) is 9.62. The first kappa shape index (κ1) is 14.6. The number of hydrogen-bond donors (Lipinski definition) is 1. The number of rotatable bonds is 6. The second-order valence-corrected chi connectivity index (χ2v) is 5.32. The molecule has 0 bridgehead atoms. The van der Waals surface area contributed by atoms with Gasteiger partial charge in [-0.15, -0.1) is 0 Å². The fraction of sp³-hybridized carbons (Fsp3) is 0.333. The van der Waals surface area contributed by atoms with Crippen molar-refractivity contribution in [1.29, 1.82) is 0 Å². The van der Waals surface area contributed by atoms with E-state index < -0.39 is 5.60 Å². The highest BCUT2D eigenvalue weighted by atomic mass is 16.5. The van der Waals surface area contributed by atoms with Crippen molar-refractivity contribution in [2.75, 3.05) is 0 Å². The summed E-state index contributed by atoms with van der Waals surface area (Å²) in [6.45, 7) is 4.49. The van der Waals surface area contributed by atoms with Gasteiger partial charge in [0, 0.05) is 0 Å². The minimum atomic E-state index is -0.757. The molecule has 1 atom stereocenters. The van der Waals surface area contributed by atoms with Crippen LogP contribution in [-0.4, -0.2) is 5.11 Å². The molecule has 1 unspecified atom stereocenters. The largest absolute Gasteiger partial charge is 0.489 e. The van der Waals surface area contributed by atoms with Crippen molar-refractivity contribution in [3.63, 3.8) is 0 Å². The maximum atomic E-state index is 10.3. The molecular weight excluding hydrogens is 248 g/mol. The van der Waals surface area contributed by atoms with E-state index in [1.54, 1.807) is 0 Å². The molecule has 1 N–H and O–H groups in total. The van der Waals surface area contributed by atoms with E-state index in [9.17, 15) is 5.11 Å². The van der Waals surface area contributed by atoms with Gasteiger partial charge in [0.1, 0.15) is 12.4 Å². The summed E-state index contributed by atoms with van der Waals surface area (Å²) in [5.74, 6) is 0.824. The Morgan fingerprint density at radius 2 is 1.65 bits per heavy atom. The van der Waals surface area contributed by atoms with E-state index in [1.807, 2.05) is 61.5 Å². The lowest BCUT2D eigenvalue weighted by atomic mass is 9.91. The maximum absolute atomic E-state index is 10.3. The summed E-state index contributed by atoms with van der Waals surface area (Å²) >= 11 is 0. The zero-order valence-corrected chi connectivity index (χ0v) is 12.2. The lowest BCUT2D eigenvalue weighted by Gasteiger charge is -2.23. The quantitative estimate of drug-likeness (QED) is 0.849. The van der Waals surface area contributed by atoms with Crippen LogP contribution in [0.15, 0.2) is 54.6 Å². The summed E-state index contributed by atoms with van der Waals surface area (Å²) in [6.07, 6.45) is 1.72. The molecule has 2 heteroatoms. The van der Waals surface area contributed by atoms with Gasteiger partial charge in [0.05, 0.1) is 5.60 Å². The Labute approximate surface area is 121 Å². The van der Waals surface area contributed by atoms with Gasteiger partial charge in [0.25, 0.3) is 0 Å². The number of hydrogen-bond acceptors (Lipinski definition) is 2. The molecule has 0 amide bonds. The minimum absolute atomic E-state index is 0.561. The van der Waals surface area contributed by atoms with Gasteiger partial charge in [-0.1, -0.05) is 55.8 Å². The third kappa shape index (κ3) is 3.84. The van der Waals surface area contributed by atoms with Crippen molar-refractivity contribution >= 4 is 0 Å². The third-order valence-electron chi connectivity index (χ3n) is 3.46. The van der Waals surface area contributed by atoms with Crippen molar-refractivity contribution in [2.24, 2.45) is 0 Å². The zero-order valence-electron chi connectivity index (χ0n) is 12.2. The SMILES string of the molecule is CCCC(C)(O)c1ccc(OCc2ccccc2)cc1. The topological polar surface area (TPSA) is 29.5 Å². The van der Waals surface area contributed by atoms with Crippen LogP contribution in [-0.2, 0) is 12.2 Å². The molecule has 0 saturated carbocycles. The molecule has 0 spiro atoms. The van der Waals surface area contributed by atoms with Crippen LogP contribution in [0, 0.1) is 0 Å². The summed E-state index contributed by atoms with van der Waals surface area (Å²) < 4.78 is 5.74. The van der Waals surface area contributed by atoms with E-state index in [1.165, 1.54) is 0 Å². The molecule has 2 nitrogen and oxygen atoms in total. The highest BCUT2D eigenvalue weighted by Crippen LogP contribution is 2.27. The van der Waals surface area contributed by atoms with Gasteiger partial charge in [0.2, 0.25) is 0 Å². The molecule has 2 aromatic rings. The Morgan fingerprint density at radius 3 is 2.25 bits per heavy atom. The number of benzene rings is 2. The summed E-state index contributed by atoms with van der Waals surface area (Å²) in [5, 5.41) is 10.3. The van der Waals surface area contributed by atoms with Crippen LogP contribution in [0.25, 0.3) is 0 Å². The molecule has 20 heavy (non-hydrogen) atoms. The normalized spacial score (nSPS) is 13.8. The van der Waals surface area contributed by atoms with E-state index in [0.29, 0.717) is 6.61 Å². The molecule has 0 aliphatic carbocycles. The van der Waals surface area contributed by atoms with Gasteiger partial charge in [-0.25, -0.2) is 0 Å². The van der Waals surface area contributed by atoms with Crippen molar-refractivity contribution in [3.05, 3.63) is 65.7 Å². The summed E-state index contributed by atoms with van der Waals surface area (Å²) in [4.78, 5) is 0. The predicted octanol–water partition coefficient (Wildman–Crippen LogP) is 4.27. The summed E-state index contributed by atoms with van der Waals surface area (Å²) in [7, 11) is 0. The van der Waals surface area contributed by atoms with Gasteiger partial charge in [-0.3, -0.25) is 0 Å². The molecule has 0 aromatic heterocycles. The van der Waals surface area contributed by atoms with Gasteiger partial charge in [0.15, 0.2) is 0 Å². The van der Waals surface area contributed by atoms with Crippen molar-refractivity contribution in [2.45, 2.75) is 38.9 Å². The second kappa shape index (κ2) is 6.58. The van der Waals surface area contributed by atoms with Gasteiger partial charge in [-0.2, -0.15) is 0 Å². The first-order valence-electron chi connectivity index (χ1n) is 7.11. The minimum Gasteiger partial charge on any atom is -0.489 e. The maximum Gasteiger partial charge on any atom is 0.119 e. The van der Waals surface area contributed by atoms with Gasteiger partial charge < -0.3 is 9.84 Å². The lowest BCUT2D eigenvalue weighted by Crippen LogP contribution is -2.20. The molecule has 0 aliphatic rings. The molecule has 0 heterocycles. The Morgan fingerprint density at radius 1 is 1.00 bits per heavy atom.